The van der Waals surface area contributed by atoms with Gasteiger partial charge in [0.2, 0.25) is 0 Å². The molecule has 2 rings (SSSR count). The summed E-state index contributed by atoms with van der Waals surface area (Å²) < 4.78 is 6.08. The fraction of sp³-hybridized carbons (Fsp3) is 0.571. The Labute approximate surface area is 111 Å². The van der Waals surface area contributed by atoms with Crippen LogP contribution in [0.15, 0.2) is 22.7 Å². The molecule has 1 N–H and O–H groups in total. The summed E-state index contributed by atoms with van der Waals surface area (Å²) in [6.45, 7) is 0. The summed E-state index contributed by atoms with van der Waals surface area (Å²) in [7, 11) is 1.65. The number of benzene rings is 1. The lowest BCUT2D eigenvalue weighted by molar-refractivity contribution is 0.144. The van der Waals surface area contributed by atoms with Crippen molar-refractivity contribution in [3.05, 3.63) is 28.2 Å². The molecule has 0 heterocycles. The van der Waals surface area contributed by atoms with Crippen molar-refractivity contribution in [2.75, 3.05) is 7.11 Å². The lowest BCUT2D eigenvalue weighted by Gasteiger charge is -2.17. The predicted molar refractivity (Wildman–Crippen MR) is 72.2 cm³/mol. The minimum atomic E-state index is -0.363. The number of aliphatic hydroxyl groups excluding tert-OH is 1. The molecule has 1 unspecified atom stereocenters. The zero-order chi connectivity index (χ0) is 12.3. The van der Waals surface area contributed by atoms with Crippen LogP contribution in [0.25, 0.3) is 0 Å². The van der Waals surface area contributed by atoms with Gasteiger partial charge in [0.05, 0.1) is 13.2 Å². The Bertz CT molecular complexity index is 372. The zero-order valence-corrected chi connectivity index (χ0v) is 11.7. The maximum atomic E-state index is 10.3. The van der Waals surface area contributed by atoms with Gasteiger partial charge in [-0.05, 0) is 30.0 Å². The van der Waals surface area contributed by atoms with Crippen molar-refractivity contribution in [2.24, 2.45) is 5.92 Å². The molecular formula is C14H19BrO2. The Morgan fingerprint density at radius 3 is 2.71 bits per heavy atom. The molecule has 0 aromatic heterocycles. The van der Waals surface area contributed by atoms with Crippen LogP contribution in [-0.4, -0.2) is 12.2 Å². The van der Waals surface area contributed by atoms with Gasteiger partial charge in [0.25, 0.3) is 0 Å². The minimum Gasteiger partial charge on any atom is -0.497 e. The molecule has 3 heteroatoms. The van der Waals surface area contributed by atoms with Crippen LogP contribution < -0.4 is 4.74 Å². The monoisotopic (exact) mass is 298 g/mol. The molecule has 1 fully saturated rings. The van der Waals surface area contributed by atoms with Gasteiger partial charge in [-0.2, -0.15) is 0 Å². The molecule has 0 radical (unpaired) electrons. The van der Waals surface area contributed by atoms with Crippen LogP contribution in [0.2, 0.25) is 0 Å². The van der Waals surface area contributed by atoms with Gasteiger partial charge in [-0.1, -0.05) is 47.7 Å². The summed E-state index contributed by atoms with van der Waals surface area (Å²) in [4.78, 5) is 0. The van der Waals surface area contributed by atoms with Crippen molar-refractivity contribution in [3.8, 4) is 5.75 Å². The van der Waals surface area contributed by atoms with Gasteiger partial charge in [-0.25, -0.2) is 0 Å². The van der Waals surface area contributed by atoms with E-state index >= 15 is 0 Å². The number of hydrogen-bond acceptors (Lipinski definition) is 2. The van der Waals surface area contributed by atoms with E-state index in [-0.39, 0.29) is 6.10 Å². The molecule has 1 aliphatic carbocycles. The molecule has 0 spiro atoms. The number of hydrogen-bond donors (Lipinski definition) is 1. The second kappa shape index (κ2) is 5.87. The van der Waals surface area contributed by atoms with Gasteiger partial charge >= 0.3 is 0 Å². The Balaban J connectivity index is 2.04. The first-order valence-corrected chi connectivity index (χ1v) is 7.01. The van der Waals surface area contributed by atoms with Crippen molar-refractivity contribution < 1.29 is 9.84 Å². The van der Waals surface area contributed by atoms with Gasteiger partial charge in [0.1, 0.15) is 5.75 Å². The fourth-order valence-corrected chi connectivity index (χ4v) is 3.22. The number of methoxy groups -OCH3 is 1. The lowest BCUT2D eigenvalue weighted by atomic mass is 9.96. The average Bonchev–Trinajstić information content (AvgIpc) is 2.81. The van der Waals surface area contributed by atoms with Gasteiger partial charge in [-0.3, -0.25) is 0 Å². The Kier molecular flexibility index (Phi) is 4.46. The number of aliphatic hydroxyl groups is 1. The van der Waals surface area contributed by atoms with Crippen LogP contribution in [0, 0.1) is 5.92 Å². The molecule has 0 amide bonds. The highest BCUT2D eigenvalue weighted by molar-refractivity contribution is 9.10. The second-order valence-corrected chi connectivity index (χ2v) is 5.64. The number of ether oxygens (including phenoxy) is 1. The van der Waals surface area contributed by atoms with Crippen LogP contribution in [0.3, 0.4) is 0 Å². The van der Waals surface area contributed by atoms with Crippen molar-refractivity contribution in [1.82, 2.24) is 0 Å². The van der Waals surface area contributed by atoms with Gasteiger partial charge in [0, 0.05) is 4.47 Å². The maximum absolute atomic E-state index is 10.3. The molecular weight excluding hydrogens is 280 g/mol. The van der Waals surface area contributed by atoms with E-state index in [9.17, 15) is 5.11 Å². The molecule has 1 saturated carbocycles. The third-order valence-electron chi connectivity index (χ3n) is 3.60. The van der Waals surface area contributed by atoms with E-state index in [2.05, 4.69) is 15.9 Å². The van der Waals surface area contributed by atoms with Crippen molar-refractivity contribution in [3.63, 3.8) is 0 Å². The average molecular weight is 299 g/mol. The molecule has 1 aromatic rings. The van der Waals surface area contributed by atoms with Crippen molar-refractivity contribution >= 4 is 15.9 Å². The molecule has 0 saturated heterocycles. The zero-order valence-electron chi connectivity index (χ0n) is 10.2. The highest BCUT2D eigenvalue weighted by Crippen LogP contribution is 2.36. The Hall–Kier alpha value is -0.540. The number of rotatable bonds is 4. The highest BCUT2D eigenvalue weighted by atomic mass is 79.9. The summed E-state index contributed by atoms with van der Waals surface area (Å²) in [6, 6.07) is 5.76. The summed E-state index contributed by atoms with van der Waals surface area (Å²) in [5, 5.41) is 10.3. The minimum absolute atomic E-state index is 0.363. The van der Waals surface area contributed by atoms with Crippen LogP contribution in [0.5, 0.6) is 5.75 Å². The molecule has 0 aliphatic heterocycles. The van der Waals surface area contributed by atoms with Crippen LogP contribution in [-0.2, 0) is 0 Å². The lowest BCUT2D eigenvalue weighted by Crippen LogP contribution is -2.05. The van der Waals surface area contributed by atoms with Crippen molar-refractivity contribution in [1.29, 1.82) is 0 Å². The molecule has 1 atom stereocenters. The quantitative estimate of drug-likeness (QED) is 0.908. The first kappa shape index (κ1) is 12.9. The van der Waals surface area contributed by atoms with E-state index in [0.29, 0.717) is 5.92 Å². The van der Waals surface area contributed by atoms with E-state index in [1.54, 1.807) is 7.11 Å². The first-order valence-electron chi connectivity index (χ1n) is 6.22. The largest absolute Gasteiger partial charge is 0.497 e. The van der Waals surface area contributed by atoms with Crippen LogP contribution in [0.4, 0.5) is 0 Å². The van der Waals surface area contributed by atoms with E-state index in [1.165, 1.54) is 25.7 Å². The molecule has 94 valence electrons. The molecule has 17 heavy (non-hydrogen) atoms. The Morgan fingerprint density at radius 2 is 2.12 bits per heavy atom. The Morgan fingerprint density at radius 1 is 1.41 bits per heavy atom. The van der Waals surface area contributed by atoms with E-state index < -0.39 is 0 Å². The third kappa shape index (κ3) is 3.23. The summed E-state index contributed by atoms with van der Waals surface area (Å²) in [6.07, 6.45) is 5.70. The topological polar surface area (TPSA) is 29.5 Å². The van der Waals surface area contributed by atoms with Crippen molar-refractivity contribution in [2.45, 2.75) is 38.2 Å². The van der Waals surface area contributed by atoms with Gasteiger partial charge < -0.3 is 9.84 Å². The van der Waals surface area contributed by atoms with Crippen LogP contribution in [0.1, 0.15) is 43.8 Å². The fourth-order valence-electron chi connectivity index (χ4n) is 2.59. The van der Waals surface area contributed by atoms with Gasteiger partial charge in [0.15, 0.2) is 0 Å². The molecule has 1 aromatic carbocycles. The standard InChI is InChI=1S/C14H19BrO2/c1-17-11-6-7-12(13(15)9-11)14(16)8-10-4-2-3-5-10/h6-7,9-10,14,16H,2-5,8H2,1H3. The smallest absolute Gasteiger partial charge is 0.120 e. The maximum Gasteiger partial charge on any atom is 0.120 e. The molecule has 0 bridgehead atoms. The summed E-state index contributed by atoms with van der Waals surface area (Å²) >= 11 is 3.50. The number of halogens is 1. The predicted octanol–water partition coefficient (Wildman–Crippen LogP) is 4.07. The first-order chi connectivity index (χ1) is 8.20. The van der Waals surface area contributed by atoms with E-state index in [4.69, 9.17) is 4.74 Å². The van der Waals surface area contributed by atoms with Crippen LogP contribution >= 0.6 is 15.9 Å². The second-order valence-electron chi connectivity index (χ2n) is 4.79. The molecule has 2 nitrogen and oxygen atoms in total. The summed E-state index contributed by atoms with van der Waals surface area (Å²) in [5.74, 6) is 1.51. The molecule has 1 aliphatic rings. The van der Waals surface area contributed by atoms with E-state index in [0.717, 1.165) is 22.2 Å². The highest BCUT2D eigenvalue weighted by Gasteiger charge is 2.21. The van der Waals surface area contributed by atoms with E-state index in [1.807, 2.05) is 18.2 Å². The SMILES string of the molecule is COc1ccc(C(O)CC2CCCC2)c(Br)c1. The summed E-state index contributed by atoms with van der Waals surface area (Å²) in [5.41, 5.74) is 0.970. The normalized spacial score (nSPS) is 18.3. The van der Waals surface area contributed by atoms with Gasteiger partial charge in [-0.15, -0.1) is 0 Å². The third-order valence-corrected chi connectivity index (χ3v) is 4.28.